The number of hydrogen-bond acceptors (Lipinski definition) is 4. The second-order valence-electron chi connectivity index (χ2n) is 2.82. The minimum atomic E-state index is -0.360. The van der Waals surface area contributed by atoms with E-state index in [-0.39, 0.29) is 5.95 Å². The highest BCUT2D eigenvalue weighted by Crippen LogP contribution is 2.35. The monoisotopic (exact) mass is 193 g/mol. The minimum Gasteiger partial charge on any atom is -0.586 e. The van der Waals surface area contributed by atoms with E-state index in [1.165, 1.54) is 13.4 Å². The van der Waals surface area contributed by atoms with Gasteiger partial charge in [0.25, 0.3) is 0 Å². The highest BCUT2D eigenvalue weighted by atomic mass is 16.5. The Kier molecular flexibility index (Phi) is 1.96. The van der Waals surface area contributed by atoms with Gasteiger partial charge in [-0.2, -0.15) is 0 Å². The molecule has 2 rings (SSSR count). The summed E-state index contributed by atoms with van der Waals surface area (Å²) in [5.41, 5.74) is 0. The van der Waals surface area contributed by atoms with Crippen molar-refractivity contribution < 1.29 is 19.0 Å². The van der Waals surface area contributed by atoms with Crippen molar-refractivity contribution in [3.05, 3.63) is 18.4 Å². The number of methoxy groups -OCH3 is 2. The van der Waals surface area contributed by atoms with Gasteiger partial charge < -0.3 is 19.0 Å². The van der Waals surface area contributed by atoms with Crippen LogP contribution in [0.15, 0.2) is 22.8 Å². The number of furan rings is 1. The molecule has 0 saturated carbocycles. The highest BCUT2D eigenvalue weighted by Gasteiger charge is 2.06. The number of ether oxygens (including phenoxy) is 2. The summed E-state index contributed by atoms with van der Waals surface area (Å²) in [6.07, 6.45) is 1.40. The molecule has 2 aromatic rings. The quantitative estimate of drug-likeness (QED) is 0.725. The van der Waals surface area contributed by atoms with Gasteiger partial charge in [0.05, 0.1) is 20.2 Å². The Morgan fingerprint density at radius 1 is 1.14 bits per heavy atom. The maximum Gasteiger partial charge on any atom is 0.161 e. The Labute approximate surface area is 80.7 Å². The molecule has 0 atom stereocenters. The standard InChI is InChI=1S/C10H10O4/c1-12-8-3-6-5-14-10(11)7(6)4-9(8)13-2/h3-5,11H,1-2H3/p-1. The van der Waals surface area contributed by atoms with Crippen molar-refractivity contribution in [2.45, 2.75) is 0 Å². The topological polar surface area (TPSA) is 54.7 Å². The summed E-state index contributed by atoms with van der Waals surface area (Å²) in [5, 5.41) is 12.4. The largest absolute Gasteiger partial charge is 0.586 e. The number of fused-ring (bicyclic) bond motifs is 1. The number of rotatable bonds is 2. The summed E-state index contributed by atoms with van der Waals surface area (Å²) in [5.74, 6) is 0.750. The van der Waals surface area contributed by atoms with Gasteiger partial charge in [-0.25, -0.2) is 0 Å². The van der Waals surface area contributed by atoms with Crippen LogP contribution in [0.25, 0.3) is 10.8 Å². The van der Waals surface area contributed by atoms with Gasteiger partial charge in [0, 0.05) is 5.39 Å². The van der Waals surface area contributed by atoms with Gasteiger partial charge in [-0.1, -0.05) is 0 Å². The third-order valence-corrected chi connectivity index (χ3v) is 2.07. The van der Waals surface area contributed by atoms with E-state index in [0.29, 0.717) is 22.3 Å². The Morgan fingerprint density at radius 3 is 2.43 bits per heavy atom. The maximum atomic E-state index is 11.2. The van der Waals surface area contributed by atoms with E-state index < -0.39 is 0 Å². The summed E-state index contributed by atoms with van der Waals surface area (Å²) >= 11 is 0. The van der Waals surface area contributed by atoms with Crippen molar-refractivity contribution in [2.75, 3.05) is 14.2 Å². The molecule has 1 heterocycles. The zero-order valence-corrected chi connectivity index (χ0v) is 7.87. The lowest BCUT2D eigenvalue weighted by molar-refractivity contribution is -0.291. The predicted octanol–water partition coefficient (Wildman–Crippen LogP) is 1.52. The van der Waals surface area contributed by atoms with E-state index in [1.807, 2.05) is 0 Å². The molecular weight excluding hydrogens is 184 g/mol. The van der Waals surface area contributed by atoms with Crippen molar-refractivity contribution >= 4 is 10.8 Å². The van der Waals surface area contributed by atoms with Crippen LogP contribution in [-0.4, -0.2) is 14.2 Å². The predicted molar refractivity (Wildman–Crippen MR) is 48.8 cm³/mol. The molecule has 0 aliphatic rings. The molecule has 74 valence electrons. The molecule has 0 spiro atoms. The molecule has 0 aliphatic heterocycles. The Bertz CT molecular complexity index is 458. The van der Waals surface area contributed by atoms with Crippen LogP contribution in [0.2, 0.25) is 0 Å². The third-order valence-electron chi connectivity index (χ3n) is 2.07. The molecule has 0 aliphatic carbocycles. The van der Waals surface area contributed by atoms with Crippen molar-refractivity contribution in [3.63, 3.8) is 0 Å². The first-order valence-electron chi connectivity index (χ1n) is 4.06. The molecule has 0 amide bonds. The lowest BCUT2D eigenvalue weighted by atomic mass is 10.2. The fourth-order valence-corrected chi connectivity index (χ4v) is 1.35. The SMILES string of the molecule is COc1cc2coc([O-])c2cc1OC. The molecule has 14 heavy (non-hydrogen) atoms. The molecule has 1 aromatic heterocycles. The molecule has 4 nitrogen and oxygen atoms in total. The van der Waals surface area contributed by atoms with Crippen molar-refractivity contribution in [2.24, 2.45) is 0 Å². The van der Waals surface area contributed by atoms with Crippen LogP contribution in [-0.2, 0) is 0 Å². The summed E-state index contributed by atoms with van der Waals surface area (Å²) in [4.78, 5) is 0. The summed E-state index contributed by atoms with van der Waals surface area (Å²) < 4.78 is 14.9. The molecule has 4 heteroatoms. The van der Waals surface area contributed by atoms with Crippen LogP contribution in [0.5, 0.6) is 17.4 Å². The molecule has 0 fully saturated rings. The van der Waals surface area contributed by atoms with Crippen LogP contribution >= 0.6 is 0 Å². The van der Waals surface area contributed by atoms with Crippen LogP contribution in [0.1, 0.15) is 0 Å². The molecule has 0 saturated heterocycles. The zero-order chi connectivity index (χ0) is 10.1. The van der Waals surface area contributed by atoms with Gasteiger partial charge in [-0.05, 0) is 23.8 Å². The first kappa shape index (κ1) is 8.74. The van der Waals surface area contributed by atoms with E-state index in [9.17, 15) is 5.11 Å². The molecule has 0 unspecified atom stereocenters. The van der Waals surface area contributed by atoms with Crippen molar-refractivity contribution in [3.8, 4) is 17.4 Å². The lowest BCUT2D eigenvalue weighted by Crippen LogP contribution is -1.91. The summed E-state index contributed by atoms with van der Waals surface area (Å²) in [6, 6.07) is 3.32. The van der Waals surface area contributed by atoms with Crippen molar-refractivity contribution in [1.82, 2.24) is 0 Å². The average Bonchev–Trinajstić information content (AvgIpc) is 2.58. The molecule has 0 N–H and O–H groups in total. The summed E-state index contributed by atoms with van der Waals surface area (Å²) in [6.45, 7) is 0. The van der Waals surface area contributed by atoms with Crippen LogP contribution in [0.4, 0.5) is 0 Å². The fraction of sp³-hybridized carbons (Fsp3) is 0.200. The number of benzene rings is 1. The first-order chi connectivity index (χ1) is 6.76. The van der Waals surface area contributed by atoms with Gasteiger partial charge >= 0.3 is 0 Å². The van der Waals surface area contributed by atoms with E-state index in [2.05, 4.69) is 0 Å². The van der Waals surface area contributed by atoms with E-state index in [1.54, 1.807) is 19.2 Å². The maximum absolute atomic E-state index is 11.2. The van der Waals surface area contributed by atoms with Crippen LogP contribution in [0, 0.1) is 0 Å². The van der Waals surface area contributed by atoms with Crippen LogP contribution in [0.3, 0.4) is 0 Å². The Balaban J connectivity index is 2.71. The molecule has 0 bridgehead atoms. The molecule has 0 radical (unpaired) electrons. The van der Waals surface area contributed by atoms with E-state index in [0.717, 1.165) is 0 Å². The van der Waals surface area contributed by atoms with Gasteiger partial charge in [0.2, 0.25) is 0 Å². The van der Waals surface area contributed by atoms with E-state index >= 15 is 0 Å². The van der Waals surface area contributed by atoms with Crippen molar-refractivity contribution in [1.29, 1.82) is 0 Å². The normalized spacial score (nSPS) is 10.4. The lowest BCUT2D eigenvalue weighted by Gasteiger charge is -2.07. The first-order valence-corrected chi connectivity index (χ1v) is 4.06. The smallest absolute Gasteiger partial charge is 0.161 e. The second kappa shape index (κ2) is 3.14. The minimum absolute atomic E-state index is 0.360. The third kappa shape index (κ3) is 1.16. The average molecular weight is 193 g/mol. The highest BCUT2D eigenvalue weighted by molar-refractivity contribution is 5.89. The zero-order valence-electron chi connectivity index (χ0n) is 7.87. The van der Waals surface area contributed by atoms with Gasteiger partial charge in [-0.3, -0.25) is 0 Å². The Morgan fingerprint density at radius 2 is 1.79 bits per heavy atom. The van der Waals surface area contributed by atoms with Gasteiger partial charge in [0.1, 0.15) is 0 Å². The number of hydrogen-bond donors (Lipinski definition) is 0. The molecular formula is C10H9O4-. The van der Waals surface area contributed by atoms with Crippen LogP contribution < -0.4 is 14.6 Å². The van der Waals surface area contributed by atoms with E-state index in [4.69, 9.17) is 13.9 Å². The van der Waals surface area contributed by atoms with Gasteiger partial charge in [0.15, 0.2) is 11.5 Å². The fourth-order valence-electron chi connectivity index (χ4n) is 1.35. The summed E-state index contributed by atoms with van der Waals surface area (Å²) in [7, 11) is 3.07. The second-order valence-corrected chi connectivity index (χ2v) is 2.82. The Hall–Kier alpha value is -1.84. The molecule has 1 aromatic carbocycles. The van der Waals surface area contributed by atoms with Gasteiger partial charge in [-0.15, -0.1) is 0 Å².